The van der Waals surface area contributed by atoms with Gasteiger partial charge in [-0.25, -0.2) is 12.7 Å². The normalized spacial score (nSPS) is 12.1. The number of ether oxygens (including phenoxy) is 1. The summed E-state index contributed by atoms with van der Waals surface area (Å²) in [5, 5.41) is 3.02. The van der Waals surface area contributed by atoms with Crippen LogP contribution in [0.15, 0.2) is 23.1 Å². The number of hydrogen-bond acceptors (Lipinski definition) is 4. The van der Waals surface area contributed by atoms with E-state index in [0.717, 1.165) is 12.0 Å². The second-order valence-corrected chi connectivity index (χ2v) is 7.56. The first kappa shape index (κ1) is 17.9. The van der Waals surface area contributed by atoms with Crippen molar-refractivity contribution in [3.8, 4) is 5.75 Å². The van der Waals surface area contributed by atoms with Gasteiger partial charge in [0.25, 0.3) is 0 Å². The molecule has 0 fully saturated rings. The van der Waals surface area contributed by atoms with Crippen molar-refractivity contribution >= 4 is 10.0 Å². The highest BCUT2D eigenvalue weighted by atomic mass is 32.2. The lowest BCUT2D eigenvalue weighted by Gasteiger charge is -2.19. The van der Waals surface area contributed by atoms with Crippen LogP contribution in [0.3, 0.4) is 0 Å². The molecule has 0 amide bonds. The van der Waals surface area contributed by atoms with Gasteiger partial charge in [-0.1, -0.05) is 13.8 Å². The Morgan fingerprint density at radius 2 is 2.00 bits per heavy atom. The maximum Gasteiger partial charge on any atom is 0.242 e. The highest BCUT2D eigenvalue weighted by Gasteiger charge is 2.22. The summed E-state index contributed by atoms with van der Waals surface area (Å²) in [6, 6.07) is 4.98. The summed E-state index contributed by atoms with van der Waals surface area (Å²) in [7, 11) is 1.57. The van der Waals surface area contributed by atoms with Gasteiger partial charge in [0.2, 0.25) is 10.0 Å². The summed E-state index contributed by atoms with van der Waals surface area (Å²) in [6.45, 7) is 5.24. The van der Waals surface area contributed by atoms with E-state index in [1.165, 1.54) is 4.31 Å². The fourth-order valence-electron chi connectivity index (χ4n) is 1.98. The zero-order valence-corrected chi connectivity index (χ0v) is 14.3. The van der Waals surface area contributed by atoms with Crippen molar-refractivity contribution in [3.05, 3.63) is 23.8 Å². The molecule has 1 N–H and O–H groups in total. The molecule has 0 saturated carbocycles. The highest BCUT2D eigenvalue weighted by molar-refractivity contribution is 7.89. The molecule has 0 unspecified atom stereocenters. The average molecular weight is 314 g/mol. The van der Waals surface area contributed by atoms with Crippen LogP contribution in [0.25, 0.3) is 0 Å². The minimum absolute atomic E-state index is 0.305. The van der Waals surface area contributed by atoms with Crippen LogP contribution in [0.1, 0.15) is 25.8 Å². The monoisotopic (exact) mass is 314 g/mol. The third-order valence-corrected chi connectivity index (χ3v) is 5.20. The quantitative estimate of drug-likeness (QED) is 0.798. The van der Waals surface area contributed by atoms with Crippen molar-refractivity contribution in [2.24, 2.45) is 5.92 Å². The van der Waals surface area contributed by atoms with Crippen LogP contribution in [-0.2, 0) is 16.6 Å². The van der Waals surface area contributed by atoms with Gasteiger partial charge in [-0.3, -0.25) is 0 Å². The fraction of sp³-hybridized carbons (Fsp3) is 0.600. The van der Waals surface area contributed by atoms with Gasteiger partial charge in [0, 0.05) is 25.7 Å². The molecule has 0 bridgehead atoms. The van der Waals surface area contributed by atoms with Crippen molar-refractivity contribution in [2.45, 2.75) is 31.7 Å². The van der Waals surface area contributed by atoms with Crippen LogP contribution < -0.4 is 10.1 Å². The molecule has 0 atom stereocenters. The molecule has 0 aliphatic heterocycles. The molecule has 0 saturated heterocycles. The number of methoxy groups -OCH3 is 1. The van der Waals surface area contributed by atoms with E-state index in [1.54, 1.807) is 32.4 Å². The van der Waals surface area contributed by atoms with Gasteiger partial charge in [-0.2, -0.15) is 0 Å². The molecule has 0 aliphatic rings. The molecule has 21 heavy (non-hydrogen) atoms. The first-order chi connectivity index (χ1) is 9.82. The molecular formula is C15H26N2O3S. The van der Waals surface area contributed by atoms with Crippen LogP contribution in [-0.4, -0.2) is 40.5 Å². The van der Waals surface area contributed by atoms with Crippen molar-refractivity contribution in [3.63, 3.8) is 0 Å². The summed E-state index contributed by atoms with van der Waals surface area (Å²) in [5.41, 5.74) is 0.832. The zero-order valence-electron chi connectivity index (χ0n) is 13.5. The molecule has 0 aliphatic carbocycles. The van der Waals surface area contributed by atoms with Gasteiger partial charge in [0.1, 0.15) is 5.75 Å². The van der Waals surface area contributed by atoms with Gasteiger partial charge in [0.05, 0.1) is 12.0 Å². The number of sulfonamides is 1. The van der Waals surface area contributed by atoms with Crippen LogP contribution >= 0.6 is 0 Å². The summed E-state index contributed by atoms with van der Waals surface area (Å²) in [6.07, 6.45) is 0.843. The van der Waals surface area contributed by atoms with Crippen LogP contribution in [0.5, 0.6) is 5.75 Å². The number of nitrogens with one attached hydrogen (secondary N) is 1. The Bertz CT molecular complexity index is 556. The van der Waals surface area contributed by atoms with Crippen molar-refractivity contribution < 1.29 is 13.2 Å². The van der Waals surface area contributed by atoms with Crippen molar-refractivity contribution in [2.75, 3.05) is 27.7 Å². The van der Waals surface area contributed by atoms with E-state index in [0.29, 0.717) is 29.7 Å². The molecule has 0 radical (unpaired) electrons. The number of benzene rings is 1. The summed E-state index contributed by atoms with van der Waals surface area (Å²) in [4.78, 5) is 0.305. The minimum Gasteiger partial charge on any atom is -0.496 e. The molecule has 1 aromatic rings. The Morgan fingerprint density at radius 3 is 2.52 bits per heavy atom. The van der Waals surface area contributed by atoms with Gasteiger partial charge < -0.3 is 10.1 Å². The Morgan fingerprint density at radius 1 is 1.33 bits per heavy atom. The van der Waals surface area contributed by atoms with E-state index in [2.05, 4.69) is 19.2 Å². The Labute approximate surface area is 128 Å². The van der Waals surface area contributed by atoms with E-state index in [4.69, 9.17) is 4.74 Å². The largest absolute Gasteiger partial charge is 0.496 e. The molecule has 0 spiro atoms. The lowest BCUT2D eigenvalue weighted by atomic mass is 10.1. The van der Waals surface area contributed by atoms with Crippen LogP contribution in [0.4, 0.5) is 0 Å². The Hall–Kier alpha value is -1.11. The standard InChI is InChI=1S/C15H26N2O3S/c1-12(2)8-9-17(4)21(18,19)14-6-7-15(20-5)13(10-14)11-16-3/h6-7,10,12,16H,8-9,11H2,1-5H3. The summed E-state index contributed by atoms with van der Waals surface area (Å²) < 4.78 is 31.8. The minimum atomic E-state index is -3.45. The molecule has 120 valence electrons. The van der Waals surface area contributed by atoms with Crippen LogP contribution in [0.2, 0.25) is 0 Å². The average Bonchev–Trinajstić information content (AvgIpc) is 2.44. The topological polar surface area (TPSA) is 58.6 Å². The molecule has 6 heteroatoms. The fourth-order valence-corrected chi connectivity index (χ4v) is 3.22. The number of nitrogens with zero attached hydrogens (tertiary/aromatic N) is 1. The lowest BCUT2D eigenvalue weighted by Crippen LogP contribution is -2.28. The molecule has 0 aromatic heterocycles. The van der Waals surface area contributed by atoms with Gasteiger partial charge >= 0.3 is 0 Å². The Balaban J connectivity index is 3.05. The highest BCUT2D eigenvalue weighted by Crippen LogP contribution is 2.24. The van der Waals surface area contributed by atoms with Crippen LogP contribution in [0, 0.1) is 5.92 Å². The predicted molar refractivity (Wildman–Crippen MR) is 85.0 cm³/mol. The van der Waals surface area contributed by atoms with Gasteiger partial charge in [-0.05, 0) is 37.6 Å². The lowest BCUT2D eigenvalue weighted by molar-refractivity contribution is 0.407. The van der Waals surface area contributed by atoms with Gasteiger partial charge in [-0.15, -0.1) is 0 Å². The molecule has 0 heterocycles. The second-order valence-electron chi connectivity index (χ2n) is 5.51. The number of rotatable bonds is 8. The van der Waals surface area contributed by atoms with E-state index >= 15 is 0 Å². The van der Waals surface area contributed by atoms with E-state index in [9.17, 15) is 8.42 Å². The zero-order chi connectivity index (χ0) is 16.0. The van der Waals surface area contributed by atoms with E-state index < -0.39 is 10.0 Å². The van der Waals surface area contributed by atoms with Gasteiger partial charge in [0.15, 0.2) is 0 Å². The molecule has 5 nitrogen and oxygen atoms in total. The van der Waals surface area contributed by atoms with Crippen molar-refractivity contribution in [1.29, 1.82) is 0 Å². The first-order valence-corrected chi connectivity index (χ1v) is 8.54. The van der Waals surface area contributed by atoms with Crippen molar-refractivity contribution in [1.82, 2.24) is 9.62 Å². The number of hydrogen-bond donors (Lipinski definition) is 1. The van der Waals surface area contributed by atoms with E-state index in [1.807, 2.05) is 7.05 Å². The smallest absolute Gasteiger partial charge is 0.242 e. The SMILES string of the molecule is CNCc1cc(S(=O)(=O)N(C)CCC(C)C)ccc1OC. The second kappa shape index (κ2) is 7.77. The third-order valence-electron chi connectivity index (χ3n) is 3.35. The predicted octanol–water partition coefficient (Wildman–Crippen LogP) is 2.08. The molecule has 1 aromatic carbocycles. The van der Waals surface area contributed by atoms with E-state index in [-0.39, 0.29) is 0 Å². The summed E-state index contributed by atoms with van der Waals surface area (Å²) in [5.74, 6) is 1.16. The first-order valence-electron chi connectivity index (χ1n) is 7.10. The maximum atomic E-state index is 12.6. The molecular weight excluding hydrogens is 288 g/mol. The molecule has 1 rings (SSSR count). The third kappa shape index (κ3) is 4.69. The maximum absolute atomic E-state index is 12.6. The summed E-state index contributed by atoms with van der Waals surface area (Å²) >= 11 is 0. The Kier molecular flexibility index (Phi) is 6.64.